The van der Waals surface area contributed by atoms with Crippen LogP contribution in [0.3, 0.4) is 0 Å². The van der Waals surface area contributed by atoms with Gasteiger partial charge in [0.1, 0.15) is 5.54 Å². The molecule has 0 aromatic heterocycles. The molecule has 1 N–H and O–H groups in total. The Morgan fingerprint density at radius 1 is 1.04 bits per heavy atom. The van der Waals surface area contributed by atoms with Crippen LogP contribution in [-0.2, 0) is 9.59 Å². The molecule has 2 saturated heterocycles. The standard InChI is InChI=1S/C20H31N3O3/c24-17(22-13-9-15-6-1-2-7-16(15)14-22)8-5-12-23-18(25)20(21-19(23)26)10-3-4-11-20/h15-16H,1-14H2,(H,21,26)/t15-,16-/m0/s1. The molecule has 6 heteroatoms. The summed E-state index contributed by atoms with van der Waals surface area (Å²) < 4.78 is 0. The Balaban J connectivity index is 1.25. The normalized spacial score (nSPS) is 30.6. The molecule has 0 aromatic rings. The second-order valence-electron chi connectivity index (χ2n) is 8.71. The van der Waals surface area contributed by atoms with Gasteiger partial charge in [-0.1, -0.05) is 32.1 Å². The summed E-state index contributed by atoms with van der Waals surface area (Å²) in [6, 6.07) is -0.271. The maximum atomic E-state index is 12.6. The van der Waals surface area contributed by atoms with Crippen molar-refractivity contribution in [2.45, 2.75) is 76.2 Å². The van der Waals surface area contributed by atoms with Crippen LogP contribution in [0.25, 0.3) is 0 Å². The minimum absolute atomic E-state index is 0.0736. The molecule has 0 radical (unpaired) electrons. The van der Waals surface area contributed by atoms with E-state index < -0.39 is 5.54 Å². The van der Waals surface area contributed by atoms with Gasteiger partial charge in [-0.15, -0.1) is 0 Å². The highest BCUT2D eigenvalue weighted by Gasteiger charge is 2.52. The summed E-state index contributed by atoms with van der Waals surface area (Å²) in [5.74, 6) is 1.63. The van der Waals surface area contributed by atoms with Crippen LogP contribution in [0, 0.1) is 11.8 Å². The van der Waals surface area contributed by atoms with E-state index in [1.165, 1.54) is 30.6 Å². The quantitative estimate of drug-likeness (QED) is 0.783. The zero-order valence-corrected chi connectivity index (χ0v) is 15.7. The van der Waals surface area contributed by atoms with E-state index in [1.54, 1.807) is 0 Å². The Morgan fingerprint density at radius 3 is 2.54 bits per heavy atom. The van der Waals surface area contributed by atoms with Crippen molar-refractivity contribution in [1.29, 1.82) is 0 Å². The molecule has 2 heterocycles. The Bertz CT molecular complexity index is 585. The van der Waals surface area contributed by atoms with Crippen molar-refractivity contribution >= 4 is 17.8 Å². The summed E-state index contributed by atoms with van der Waals surface area (Å²) in [5.41, 5.74) is -0.635. The SMILES string of the molecule is O=C(CCCN1C(=O)NC2(CCCC2)C1=O)N1CC[C@@H]2CCCC[C@H]2C1. The minimum Gasteiger partial charge on any atom is -0.342 e. The first kappa shape index (κ1) is 17.8. The predicted octanol–water partition coefficient (Wildman–Crippen LogP) is 2.67. The molecule has 144 valence electrons. The largest absolute Gasteiger partial charge is 0.342 e. The lowest BCUT2D eigenvalue weighted by Gasteiger charge is -2.41. The van der Waals surface area contributed by atoms with Gasteiger partial charge < -0.3 is 10.2 Å². The summed E-state index contributed by atoms with van der Waals surface area (Å²) in [6.07, 6.45) is 10.9. The third kappa shape index (κ3) is 3.23. The van der Waals surface area contributed by atoms with E-state index in [-0.39, 0.29) is 17.8 Å². The van der Waals surface area contributed by atoms with Crippen LogP contribution in [0.5, 0.6) is 0 Å². The summed E-state index contributed by atoms with van der Waals surface area (Å²) >= 11 is 0. The van der Waals surface area contributed by atoms with Crippen LogP contribution >= 0.6 is 0 Å². The second kappa shape index (κ2) is 7.20. The number of likely N-dealkylation sites (tertiary alicyclic amines) is 1. The average molecular weight is 361 g/mol. The van der Waals surface area contributed by atoms with Gasteiger partial charge in [-0.05, 0) is 43.9 Å². The first-order valence-corrected chi connectivity index (χ1v) is 10.5. The summed E-state index contributed by atoms with van der Waals surface area (Å²) in [7, 11) is 0. The number of hydrogen-bond acceptors (Lipinski definition) is 3. The highest BCUT2D eigenvalue weighted by Crippen LogP contribution is 2.37. The number of amides is 4. The number of nitrogens with zero attached hydrogens (tertiary/aromatic N) is 2. The molecule has 0 aromatic carbocycles. The molecule has 4 fully saturated rings. The van der Waals surface area contributed by atoms with Gasteiger partial charge in [0.2, 0.25) is 5.91 Å². The maximum Gasteiger partial charge on any atom is 0.325 e. The molecule has 0 unspecified atom stereocenters. The fourth-order valence-electron chi connectivity index (χ4n) is 5.57. The Kier molecular flexibility index (Phi) is 4.93. The smallest absolute Gasteiger partial charge is 0.325 e. The van der Waals surface area contributed by atoms with Gasteiger partial charge in [-0.2, -0.15) is 0 Å². The van der Waals surface area contributed by atoms with Gasteiger partial charge in [-0.25, -0.2) is 4.79 Å². The number of carbonyl (C=O) groups excluding carboxylic acids is 3. The van der Waals surface area contributed by atoms with Crippen molar-refractivity contribution < 1.29 is 14.4 Å². The van der Waals surface area contributed by atoms with Crippen molar-refractivity contribution in [3.05, 3.63) is 0 Å². The van der Waals surface area contributed by atoms with E-state index in [2.05, 4.69) is 5.32 Å². The molecule has 4 rings (SSSR count). The first-order chi connectivity index (χ1) is 12.6. The Hall–Kier alpha value is -1.59. The van der Waals surface area contributed by atoms with Crippen molar-refractivity contribution in [2.24, 2.45) is 11.8 Å². The van der Waals surface area contributed by atoms with E-state index in [0.717, 1.165) is 51.1 Å². The van der Waals surface area contributed by atoms with Gasteiger partial charge in [0.25, 0.3) is 5.91 Å². The summed E-state index contributed by atoms with van der Waals surface area (Å²) in [6.45, 7) is 2.15. The van der Waals surface area contributed by atoms with Crippen molar-refractivity contribution in [1.82, 2.24) is 15.1 Å². The van der Waals surface area contributed by atoms with Gasteiger partial charge in [-0.3, -0.25) is 14.5 Å². The molecule has 2 aliphatic heterocycles. The van der Waals surface area contributed by atoms with Crippen LogP contribution in [0.1, 0.15) is 70.6 Å². The second-order valence-corrected chi connectivity index (χ2v) is 8.71. The molecule has 4 aliphatic rings. The van der Waals surface area contributed by atoms with Crippen molar-refractivity contribution in [3.63, 3.8) is 0 Å². The average Bonchev–Trinajstić information content (AvgIpc) is 3.21. The van der Waals surface area contributed by atoms with E-state index in [1.807, 2.05) is 4.90 Å². The molecule has 4 amide bonds. The van der Waals surface area contributed by atoms with Crippen molar-refractivity contribution in [2.75, 3.05) is 19.6 Å². The van der Waals surface area contributed by atoms with Crippen molar-refractivity contribution in [3.8, 4) is 0 Å². The predicted molar refractivity (Wildman–Crippen MR) is 97.3 cm³/mol. The van der Waals surface area contributed by atoms with E-state index in [9.17, 15) is 14.4 Å². The number of hydrogen-bond donors (Lipinski definition) is 1. The zero-order chi connectivity index (χ0) is 18.1. The third-order valence-corrected chi connectivity index (χ3v) is 7.12. The number of rotatable bonds is 4. The van der Waals surface area contributed by atoms with Crippen LogP contribution in [0.15, 0.2) is 0 Å². The van der Waals surface area contributed by atoms with Crippen LogP contribution in [0.2, 0.25) is 0 Å². The number of carbonyl (C=O) groups is 3. The highest BCUT2D eigenvalue weighted by molar-refractivity contribution is 6.07. The molecular formula is C20H31N3O3. The topological polar surface area (TPSA) is 69.7 Å². The van der Waals surface area contributed by atoms with E-state index >= 15 is 0 Å². The molecule has 0 bridgehead atoms. The highest BCUT2D eigenvalue weighted by atomic mass is 16.2. The van der Waals surface area contributed by atoms with Gasteiger partial charge >= 0.3 is 6.03 Å². The molecule has 6 nitrogen and oxygen atoms in total. The van der Waals surface area contributed by atoms with Gasteiger partial charge in [0, 0.05) is 26.1 Å². The summed E-state index contributed by atoms with van der Waals surface area (Å²) in [4.78, 5) is 40.7. The summed E-state index contributed by atoms with van der Waals surface area (Å²) in [5, 5.41) is 2.90. The van der Waals surface area contributed by atoms with E-state index in [0.29, 0.717) is 25.3 Å². The zero-order valence-electron chi connectivity index (χ0n) is 15.7. The lowest BCUT2D eigenvalue weighted by Crippen LogP contribution is -2.45. The first-order valence-electron chi connectivity index (χ1n) is 10.5. The van der Waals surface area contributed by atoms with Gasteiger partial charge in [0.15, 0.2) is 0 Å². The molecular weight excluding hydrogens is 330 g/mol. The van der Waals surface area contributed by atoms with Crippen LogP contribution in [-0.4, -0.2) is 52.8 Å². The number of fused-ring (bicyclic) bond motifs is 1. The molecule has 26 heavy (non-hydrogen) atoms. The van der Waals surface area contributed by atoms with Gasteiger partial charge in [0.05, 0.1) is 0 Å². The molecule has 2 saturated carbocycles. The molecule has 2 aliphatic carbocycles. The number of imide groups is 1. The third-order valence-electron chi connectivity index (χ3n) is 7.12. The van der Waals surface area contributed by atoms with Crippen LogP contribution < -0.4 is 5.32 Å². The molecule has 1 spiro atoms. The maximum absolute atomic E-state index is 12.6. The Morgan fingerprint density at radius 2 is 1.77 bits per heavy atom. The Labute approximate surface area is 155 Å². The number of urea groups is 1. The molecule has 2 atom stereocenters. The fourth-order valence-corrected chi connectivity index (χ4v) is 5.57. The minimum atomic E-state index is -0.635. The fraction of sp³-hybridized carbons (Fsp3) is 0.850. The number of nitrogens with one attached hydrogen (secondary N) is 1. The van der Waals surface area contributed by atoms with E-state index in [4.69, 9.17) is 0 Å². The lowest BCUT2D eigenvalue weighted by molar-refractivity contribution is -0.135. The monoisotopic (exact) mass is 361 g/mol. The van der Waals surface area contributed by atoms with Crippen LogP contribution in [0.4, 0.5) is 4.79 Å². The lowest BCUT2D eigenvalue weighted by atomic mass is 9.75. The number of piperidine rings is 1.